The second-order valence-corrected chi connectivity index (χ2v) is 7.94. The van der Waals surface area contributed by atoms with Gasteiger partial charge in [0.05, 0.1) is 11.4 Å². The van der Waals surface area contributed by atoms with Crippen LogP contribution in [-0.4, -0.2) is 45.6 Å². The molecule has 118 valence electrons. The molecule has 2 aromatic heterocycles. The molecule has 0 N–H and O–H groups in total. The Balaban J connectivity index is 2.63. The number of imidazole rings is 1. The average Bonchev–Trinajstić information content (AvgIpc) is 2.86. The van der Waals surface area contributed by atoms with Crippen LogP contribution in [0.1, 0.15) is 31.4 Å². The molecule has 0 bridgehead atoms. The molecule has 0 amide bonds. The van der Waals surface area contributed by atoms with Gasteiger partial charge in [-0.05, 0) is 13.3 Å². The molecule has 0 saturated heterocycles. The van der Waals surface area contributed by atoms with Gasteiger partial charge in [-0.3, -0.25) is 4.68 Å². The molecular formula is C13H21ClN4O2S. The van der Waals surface area contributed by atoms with Gasteiger partial charge in [0.1, 0.15) is 21.2 Å². The topological polar surface area (TPSA) is 69.8 Å². The Kier molecular flexibility index (Phi) is 4.63. The van der Waals surface area contributed by atoms with Gasteiger partial charge in [0.25, 0.3) is 0 Å². The van der Waals surface area contributed by atoms with Crippen LogP contribution in [0.25, 0.3) is 11.2 Å². The van der Waals surface area contributed by atoms with Crippen LogP contribution in [0.15, 0.2) is 0 Å². The zero-order valence-electron chi connectivity index (χ0n) is 12.8. The first-order valence-corrected chi connectivity index (χ1v) is 9.54. The first kappa shape index (κ1) is 16.3. The molecule has 2 aromatic rings. The van der Waals surface area contributed by atoms with E-state index in [2.05, 4.69) is 10.1 Å². The number of hydrogen-bond acceptors (Lipinski definition) is 4. The van der Waals surface area contributed by atoms with Gasteiger partial charge in [-0.15, -0.1) is 11.6 Å². The number of aromatic nitrogens is 4. The van der Waals surface area contributed by atoms with Crippen molar-refractivity contribution in [1.29, 1.82) is 0 Å². The van der Waals surface area contributed by atoms with Crippen molar-refractivity contribution in [2.75, 3.05) is 17.9 Å². The number of fused-ring (bicyclic) bond motifs is 1. The van der Waals surface area contributed by atoms with Crippen molar-refractivity contribution in [2.24, 2.45) is 7.05 Å². The summed E-state index contributed by atoms with van der Waals surface area (Å²) in [6.07, 6.45) is 2.64. The highest BCUT2D eigenvalue weighted by Crippen LogP contribution is 2.25. The largest absolute Gasteiger partial charge is 0.309 e. The monoisotopic (exact) mass is 332 g/mol. The molecule has 1 atom stereocenters. The van der Waals surface area contributed by atoms with E-state index < -0.39 is 9.84 Å². The third kappa shape index (κ3) is 3.23. The summed E-state index contributed by atoms with van der Waals surface area (Å²) < 4.78 is 27.0. The van der Waals surface area contributed by atoms with E-state index in [1.54, 1.807) is 4.68 Å². The van der Waals surface area contributed by atoms with E-state index >= 15 is 0 Å². The Bertz CT molecular complexity index is 748. The SMILES string of the molecule is CCc1nn(C)c2c1nc(CCCl)n2C(C)CS(C)(=O)=O. The normalized spacial score (nSPS) is 14.0. The fourth-order valence-electron chi connectivity index (χ4n) is 2.72. The number of rotatable bonds is 6. The van der Waals surface area contributed by atoms with E-state index in [-0.39, 0.29) is 11.8 Å². The molecule has 0 fully saturated rings. The molecule has 1 unspecified atom stereocenters. The Morgan fingerprint density at radius 2 is 2.05 bits per heavy atom. The Morgan fingerprint density at radius 1 is 1.38 bits per heavy atom. The van der Waals surface area contributed by atoms with Crippen LogP contribution in [-0.2, 0) is 29.7 Å². The summed E-state index contributed by atoms with van der Waals surface area (Å²) in [5.74, 6) is 1.34. The summed E-state index contributed by atoms with van der Waals surface area (Å²) in [5, 5.41) is 4.46. The molecular weight excluding hydrogens is 312 g/mol. The van der Waals surface area contributed by atoms with Gasteiger partial charge >= 0.3 is 0 Å². The van der Waals surface area contributed by atoms with Gasteiger partial charge in [0.2, 0.25) is 0 Å². The predicted molar refractivity (Wildman–Crippen MR) is 84.7 cm³/mol. The van der Waals surface area contributed by atoms with Crippen LogP contribution in [0.5, 0.6) is 0 Å². The van der Waals surface area contributed by atoms with Gasteiger partial charge in [-0.25, -0.2) is 13.4 Å². The molecule has 2 rings (SSSR count). The number of hydrogen-bond donors (Lipinski definition) is 0. The Hall–Kier alpha value is -1.08. The zero-order valence-corrected chi connectivity index (χ0v) is 14.4. The molecule has 0 spiro atoms. The lowest BCUT2D eigenvalue weighted by atomic mass is 10.3. The van der Waals surface area contributed by atoms with E-state index in [0.29, 0.717) is 12.3 Å². The molecule has 0 aliphatic heterocycles. The van der Waals surface area contributed by atoms with Crippen molar-refractivity contribution in [1.82, 2.24) is 19.3 Å². The van der Waals surface area contributed by atoms with Crippen molar-refractivity contribution in [2.45, 2.75) is 32.7 Å². The van der Waals surface area contributed by atoms with Crippen LogP contribution in [0.2, 0.25) is 0 Å². The van der Waals surface area contributed by atoms with Gasteiger partial charge in [-0.1, -0.05) is 6.92 Å². The summed E-state index contributed by atoms with van der Waals surface area (Å²) in [5.41, 5.74) is 2.64. The van der Waals surface area contributed by atoms with Crippen molar-refractivity contribution < 1.29 is 8.42 Å². The Morgan fingerprint density at radius 3 is 2.57 bits per heavy atom. The molecule has 0 aromatic carbocycles. The molecule has 0 aliphatic carbocycles. The first-order valence-electron chi connectivity index (χ1n) is 6.94. The highest BCUT2D eigenvalue weighted by atomic mass is 35.5. The average molecular weight is 333 g/mol. The second kappa shape index (κ2) is 5.96. The minimum absolute atomic E-state index is 0.0698. The van der Waals surface area contributed by atoms with Crippen LogP contribution >= 0.6 is 11.6 Å². The van der Waals surface area contributed by atoms with Crippen LogP contribution in [0.4, 0.5) is 0 Å². The first-order chi connectivity index (χ1) is 9.78. The molecule has 0 aliphatic rings. The highest BCUT2D eigenvalue weighted by molar-refractivity contribution is 7.90. The maximum atomic E-state index is 11.6. The van der Waals surface area contributed by atoms with E-state index in [0.717, 1.165) is 29.1 Å². The third-order valence-corrected chi connectivity index (χ3v) is 4.72. The maximum absolute atomic E-state index is 11.6. The standard InChI is InChI=1S/C13H21ClN4O2S/c1-5-10-12-13(17(3)16-10)18(11(15-12)6-7-14)9(2)8-21(4,19)20/h9H,5-8H2,1-4H3. The molecule has 0 radical (unpaired) electrons. The van der Waals surface area contributed by atoms with Crippen molar-refractivity contribution in [3.63, 3.8) is 0 Å². The van der Waals surface area contributed by atoms with Crippen molar-refractivity contribution in [3.8, 4) is 0 Å². The smallest absolute Gasteiger partial charge is 0.158 e. The summed E-state index contributed by atoms with van der Waals surface area (Å²) in [6.45, 7) is 3.92. The lowest BCUT2D eigenvalue weighted by Crippen LogP contribution is -2.20. The second-order valence-electron chi connectivity index (χ2n) is 5.37. The van der Waals surface area contributed by atoms with Crippen LogP contribution < -0.4 is 0 Å². The quantitative estimate of drug-likeness (QED) is 0.755. The fraction of sp³-hybridized carbons (Fsp3) is 0.692. The number of sulfone groups is 1. The van der Waals surface area contributed by atoms with Crippen LogP contribution in [0.3, 0.4) is 0 Å². The summed E-state index contributed by atoms with van der Waals surface area (Å²) in [6, 6.07) is -0.205. The number of halogens is 1. The summed E-state index contributed by atoms with van der Waals surface area (Å²) in [7, 11) is -1.21. The van der Waals surface area contributed by atoms with Crippen molar-refractivity contribution in [3.05, 3.63) is 11.5 Å². The lowest BCUT2D eigenvalue weighted by molar-refractivity contribution is 0.547. The molecule has 21 heavy (non-hydrogen) atoms. The fourth-order valence-corrected chi connectivity index (χ4v) is 3.92. The minimum atomic E-state index is -3.07. The summed E-state index contributed by atoms with van der Waals surface area (Å²) >= 11 is 5.86. The van der Waals surface area contributed by atoms with Gasteiger partial charge in [-0.2, -0.15) is 5.10 Å². The van der Waals surface area contributed by atoms with E-state index in [9.17, 15) is 8.42 Å². The number of nitrogens with zero attached hydrogens (tertiary/aromatic N) is 4. The summed E-state index contributed by atoms with van der Waals surface area (Å²) in [4.78, 5) is 4.65. The highest BCUT2D eigenvalue weighted by Gasteiger charge is 2.23. The number of alkyl halides is 1. The van der Waals surface area contributed by atoms with E-state index in [1.807, 2.05) is 25.5 Å². The Labute approximate surface area is 130 Å². The van der Waals surface area contributed by atoms with Gasteiger partial charge in [0, 0.05) is 31.6 Å². The number of aryl methyl sites for hydroxylation is 3. The van der Waals surface area contributed by atoms with Gasteiger partial charge < -0.3 is 4.57 Å². The van der Waals surface area contributed by atoms with Crippen LogP contribution in [0, 0.1) is 0 Å². The third-order valence-electron chi connectivity index (χ3n) is 3.45. The van der Waals surface area contributed by atoms with E-state index in [4.69, 9.17) is 11.6 Å². The lowest BCUT2D eigenvalue weighted by Gasteiger charge is -2.16. The van der Waals surface area contributed by atoms with Crippen molar-refractivity contribution >= 4 is 32.6 Å². The predicted octanol–water partition coefficient (Wildman–Crippen LogP) is 1.72. The minimum Gasteiger partial charge on any atom is -0.309 e. The zero-order chi connectivity index (χ0) is 15.8. The molecule has 6 nitrogen and oxygen atoms in total. The van der Waals surface area contributed by atoms with E-state index in [1.165, 1.54) is 6.26 Å². The van der Waals surface area contributed by atoms with Gasteiger partial charge in [0.15, 0.2) is 5.65 Å². The maximum Gasteiger partial charge on any atom is 0.158 e. The molecule has 8 heteroatoms. The molecule has 0 saturated carbocycles. The molecule has 2 heterocycles.